The number of halogens is 1. The molecule has 0 amide bonds. The molecule has 0 spiro atoms. The maximum atomic E-state index is 13.5. The van der Waals surface area contributed by atoms with Crippen LogP contribution in [-0.4, -0.2) is 6.10 Å². The summed E-state index contributed by atoms with van der Waals surface area (Å²) in [5, 5.41) is 0. The van der Waals surface area contributed by atoms with E-state index in [2.05, 4.69) is 0 Å². The van der Waals surface area contributed by atoms with Gasteiger partial charge in [-0.2, -0.15) is 0 Å². The van der Waals surface area contributed by atoms with Gasteiger partial charge in [-0.1, -0.05) is 12.1 Å². The Kier molecular flexibility index (Phi) is 3.34. The van der Waals surface area contributed by atoms with Crippen molar-refractivity contribution in [2.24, 2.45) is 5.73 Å². The summed E-state index contributed by atoms with van der Waals surface area (Å²) in [6, 6.07) is 5.10. The zero-order chi connectivity index (χ0) is 10.7. The molecule has 15 heavy (non-hydrogen) atoms. The monoisotopic (exact) mass is 209 g/mol. The lowest BCUT2D eigenvalue weighted by Crippen LogP contribution is -2.21. The van der Waals surface area contributed by atoms with Gasteiger partial charge < -0.3 is 10.5 Å². The van der Waals surface area contributed by atoms with E-state index in [4.69, 9.17) is 10.5 Å². The van der Waals surface area contributed by atoms with Crippen molar-refractivity contribution in [3.63, 3.8) is 0 Å². The summed E-state index contributed by atoms with van der Waals surface area (Å²) in [7, 11) is 0. The number of hydrogen-bond donors (Lipinski definition) is 1. The maximum Gasteiger partial charge on any atom is 0.129 e. The van der Waals surface area contributed by atoms with Crippen LogP contribution >= 0.6 is 0 Å². The lowest BCUT2D eigenvalue weighted by Gasteiger charge is -2.25. The molecule has 0 radical (unpaired) electrons. The van der Waals surface area contributed by atoms with Gasteiger partial charge in [-0.3, -0.25) is 0 Å². The lowest BCUT2D eigenvalue weighted by atomic mass is 9.96. The van der Waals surface area contributed by atoms with Crippen LogP contribution in [-0.2, 0) is 17.9 Å². The Morgan fingerprint density at radius 2 is 2.20 bits per heavy atom. The van der Waals surface area contributed by atoms with E-state index in [9.17, 15) is 4.39 Å². The molecule has 3 heteroatoms. The van der Waals surface area contributed by atoms with Gasteiger partial charge in [0.15, 0.2) is 0 Å². The number of benzene rings is 1. The van der Waals surface area contributed by atoms with E-state index < -0.39 is 0 Å². The van der Waals surface area contributed by atoms with Crippen LogP contribution in [0.5, 0.6) is 0 Å². The summed E-state index contributed by atoms with van der Waals surface area (Å²) in [4.78, 5) is 0. The Balaban J connectivity index is 1.95. The summed E-state index contributed by atoms with van der Waals surface area (Å²) in [6.45, 7) is 0.752. The van der Waals surface area contributed by atoms with Gasteiger partial charge in [-0.25, -0.2) is 4.39 Å². The first-order valence-corrected chi connectivity index (χ1v) is 5.38. The molecule has 0 aromatic heterocycles. The molecule has 1 saturated carbocycles. The highest BCUT2D eigenvalue weighted by molar-refractivity contribution is 5.23. The number of ether oxygens (including phenoxy) is 1. The maximum absolute atomic E-state index is 13.5. The molecule has 1 fully saturated rings. The van der Waals surface area contributed by atoms with Crippen LogP contribution in [0.15, 0.2) is 18.2 Å². The molecule has 0 heterocycles. The molecule has 0 unspecified atom stereocenters. The Bertz CT molecular complexity index is 336. The summed E-state index contributed by atoms with van der Waals surface area (Å²) >= 11 is 0. The minimum Gasteiger partial charge on any atom is -0.373 e. The first-order chi connectivity index (χ1) is 7.29. The highest BCUT2D eigenvalue weighted by Gasteiger charge is 2.18. The Labute approximate surface area is 89.2 Å². The first kappa shape index (κ1) is 10.6. The number of nitrogens with two attached hydrogens (primary N) is 1. The van der Waals surface area contributed by atoms with Crippen LogP contribution < -0.4 is 5.73 Å². The van der Waals surface area contributed by atoms with Gasteiger partial charge in [-0.15, -0.1) is 0 Å². The standard InChI is InChI=1S/C12H16FNO/c13-12-6-9(7-14)4-5-10(12)8-15-11-2-1-3-11/h4-6,11H,1-3,7-8,14H2. The molecule has 1 aromatic carbocycles. The van der Waals surface area contributed by atoms with E-state index in [-0.39, 0.29) is 5.82 Å². The third-order valence-electron chi connectivity index (χ3n) is 2.88. The smallest absolute Gasteiger partial charge is 0.129 e. The summed E-state index contributed by atoms with van der Waals surface area (Å²) in [5.74, 6) is -0.211. The lowest BCUT2D eigenvalue weighted by molar-refractivity contribution is -0.00976. The van der Waals surface area contributed by atoms with E-state index in [0.717, 1.165) is 18.4 Å². The summed E-state index contributed by atoms with van der Waals surface area (Å²) in [6.07, 6.45) is 3.81. The number of hydrogen-bond acceptors (Lipinski definition) is 2. The van der Waals surface area contributed by atoms with Crippen LogP contribution in [0.4, 0.5) is 4.39 Å². The molecule has 0 atom stereocenters. The summed E-state index contributed by atoms with van der Waals surface area (Å²) in [5.41, 5.74) is 6.87. The average Bonchev–Trinajstić information content (AvgIpc) is 2.18. The fraction of sp³-hybridized carbons (Fsp3) is 0.500. The van der Waals surface area contributed by atoms with Crippen molar-refractivity contribution in [2.75, 3.05) is 0 Å². The van der Waals surface area contributed by atoms with Crippen LogP contribution in [0.1, 0.15) is 30.4 Å². The van der Waals surface area contributed by atoms with Crippen molar-refractivity contribution in [1.82, 2.24) is 0 Å². The second-order valence-corrected chi connectivity index (χ2v) is 3.99. The molecule has 2 N–H and O–H groups in total. The largest absolute Gasteiger partial charge is 0.373 e. The molecule has 82 valence electrons. The molecule has 1 aliphatic rings. The molecule has 2 rings (SSSR count). The predicted octanol–water partition coefficient (Wildman–Crippen LogP) is 2.35. The zero-order valence-corrected chi connectivity index (χ0v) is 8.71. The molecular formula is C12H16FNO. The zero-order valence-electron chi connectivity index (χ0n) is 8.71. The Morgan fingerprint density at radius 3 is 2.73 bits per heavy atom. The van der Waals surface area contributed by atoms with Gasteiger partial charge in [0.05, 0.1) is 12.7 Å². The van der Waals surface area contributed by atoms with Crippen molar-refractivity contribution in [3.05, 3.63) is 35.1 Å². The topological polar surface area (TPSA) is 35.2 Å². The molecule has 2 nitrogen and oxygen atoms in total. The second kappa shape index (κ2) is 4.73. The van der Waals surface area contributed by atoms with Gasteiger partial charge in [0.1, 0.15) is 5.82 Å². The van der Waals surface area contributed by atoms with E-state index in [1.807, 2.05) is 6.07 Å². The van der Waals surface area contributed by atoms with Crippen LogP contribution in [0, 0.1) is 5.82 Å². The molecule has 0 saturated heterocycles. The van der Waals surface area contributed by atoms with E-state index >= 15 is 0 Å². The van der Waals surface area contributed by atoms with Crippen LogP contribution in [0.3, 0.4) is 0 Å². The van der Waals surface area contributed by atoms with Gasteiger partial charge in [0, 0.05) is 12.1 Å². The van der Waals surface area contributed by atoms with Crippen molar-refractivity contribution >= 4 is 0 Å². The fourth-order valence-corrected chi connectivity index (χ4v) is 1.58. The van der Waals surface area contributed by atoms with Gasteiger partial charge in [-0.05, 0) is 30.9 Å². The van der Waals surface area contributed by atoms with Gasteiger partial charge in [0.25, 0.3) is 0 Å². The normalized spacial score (nSPS) is 16.4. The van der Waals surface area contributed by atoms with Crippen LogP contribution in [0.2, 0.25) is 0 Å². The number of rotatable bonds is 4. The molecule has 0 aliphatic heterocycles. The first-order valence-electron chi connectivity index (χ1n) is 5.38. The second-order valence-electron chi connectivity index (χ2n) is 3.99. The Hall–Kier alpha value is -0.930. The highest BCUT2D eigenvalue weighted by Crippen LogP contribution is 2.23. The molecular weight excluding hydrogens is 193 g/mol. The highest BCUT2D eigenvalue weighted by atomic mass is 19.1. The third-order valence-corrected chi connectivity index (χ3v) is 2.88. The SMILES string of the molecule is NCc1ccc(COC2CCC2)c(F)c1. The third kappa shape index (κ3) is 2.55. The van der Waals surface area contributed by atoms with E-state index in [1.54, 1.807) is 6.07 Å². The van der Waals surface area contributed by atoms with Crippen LogP contribution in [0.25, 0.3) is 0 Å². The quantitative estimate of drug-likeness (QED) is 0.826. The van der Waals surface area contributed by atoms with Crippen molar-refractivity contribution < 1.29 is 9.13 Å². The van der Waals surface area contributed by atoms with Crippen molar-refractivity contribution in [2.45, 2.75) is 38.5 Å². The van der Waals surface area contributed by atoms with E-state index in [0.29, 0.717) is 24.8 Å². The molecule has 1 aromatic rings. The average molecular weight is 209 g/mol. The van der Waals surface area contributed by atoms with E-state index in [1.165, 1.54) is 12.5 Å². The Morgan fingerprint density at radius 1 is 1.40 bits per heavy atom. The van der Waals surface area contributed by atoms with Gasteiger partial charge >= 0.3 is 0 Å². The van der Waals surface area contributed by atoms with Gasteiger partial charge in [0.2, 0.25) is 0 Å². The van der Waals surface area contributed by atoms with Crippen molar-refractivity contribution in [1.29, 1.82) is 0 Å². The molecule has 1 aliphatic carbocycles. The minimum absolute atomic E-state index is 0.211. The fourth-order valence-electron chi connectivity index (χ4n) is 1.58. The minimum atomic E-state index is -0.211. The predicted molar refractivity (Wildman–Crippen MR) is 56.7 cm³/mol. The van der Waals surface area contributed by atoms with Crippen molar-refractivity contribution in [3.8, 4) is 0 Å². The summed E-state index contributed by atoms with van der Waals surface area (Å²) < 4.78 is 19.0. The molecule has 0 bridgehead atoms.